The third-order valence-corrected chi connectivity index (χ3v) is 5.66. The molecule has 3 unspecified atom stereocenters. The van der Waals surface area contributed by atoms with Crippen molar-refractivity contribution in [1.82, 2.24) is 4.90 Å². The molecule has 0 aromatic heterocycles. The van der Waals surface area contributed by atoms with Gasteiger partial charge in [0.1, 0.15) is 0 Å². The van der Waals surface area contributed by atoms with Gasteiger partial charge in [0.25, 0.3) is 0 Å². The van der Waals surface area contributed by atoms with Crippen molar-refractivity contribution in [3.05, 3.63) is 0 Å². The van der Waals surface area contributed by atoms with Crippen LogP contribution in [0.4, 0.5) is 0 Å². The van der Waals surface area contributed by atoms with Crippen LogP contribution in [0.3, 0.4) is 0 Å². The molecular formula is C17H30BNS. The van der Waals surface area contributed by atoms with Crippen molar-refractivity contribution < 1.29 is 0 Å². The molecule has 1 heterocycles. The van der Waals surface area contributed by atoms with E-state index in [4.69, 9.17) is 20.1 Å². The predicted octanol–water partition coefficient (Wildman–Crippen LogP) is 4.75. The van der Waals surface area contributed by atoms with E-state index >= 15 is 0 Å². The summed E-state index contributed by atoms with van der Waals surface area (Å²) in [6.45, 7) is 9.33. The van der Waals surface area contributed by atoms with Crippen LogP contribution in [-0.2, 0) is 0 Å². The van der Waals surface area contributed by atoms with E-state index in [-0.39, 0.29) is 0 Å². The maximum Gasteiger partial charge on any atom is 0.0784 e. The summed E-state index contributed by atoms with van der Waals surface area (Å²) in [5.41, 5.74) is 0.399. The first kappa shape index (κ1) is 16.3. The van der Waals surface area contributed by atoms with E-state index in [0.717, 1.165) is 12.3 Å². The molecule has 2 radical (unpaired) electrons. The van der Waals surface area contributed by atoms with Crippen molar-refractivity contribution >= 4 is 25.1 Å². The first-order valence-corrected chi connectivity index (χ1v) is 8.78. The van der Waals surface area contributed by atoms with Gasteiger partial charge in [0, 0.05) is 12.1 Å². The summed E-state index contributed by atoms with van der Waals surface area (Å²) < 4.78 is 0. The summed E-state index contributed by atoms with van der Waals surface area (Å²) in [5, 5.41) is 0. The molecule has 1 aliphatic heterocycles. The molecule has 2 aliphatic rings. The molecule has 1 saturated heterocycles. The van der Waals surface area contributed by atoms with Gasteiger partial charge in [0.05, 0.1) is 12.8 Å². The van der Waals surface area contributed by atoms with Crippen LogP contribution in [0.25, 0.3) is 0 Å². The zero-order valence-electron chi connectivity index (χ0n) is 13.7. The Hall–Kier alpha value is -0.0451. The molecule has 3 atom stereocenters. The molecule has 2 fully saturated rings. The highest BCUT2D eigenvalue weighted by molar-refractivity contribution is 7.80. The lowest BCUT2D eigenvalue weighted by Gasteiger charge is -2.46. The van der Waals surface area contributed by atoms with Crippen LogP contribution in [0.5, 0.6) is 0 Å². The Labute approximate surface area is 132 Å². The minimum atomic E-state index is 0.358. The smallest absolute Gasteiger partial charge is 0.0784 e. The Balaban J connectivity index is 2.18. The zero-order valence-corrected chi connectivity index (χ0v) is 14.5. The van der Waals surface area contributed by atoms with Crippen molar-refractivity contribution in [2.24, 2.45) is 11.3 Å². The average molecular weight is 291 g/mol. The quantitative estimate of drug-likeness (QED) is 0.506. The highest BCUT2D eigenvalue weighted by Crippen LogP contribution is 2.42. The standard InChI is InChI=1S/C17H30BNS/c1-12(2)19-15-6-5-9-17(3,4)11-14(18)10-13(15)7-8-16(19)20/h12-15H,5-11H2,1-4H3. The maximum absolute atomic E-state index is 6.46. The molecule has 2 rings (SSSR count). The van der Waals surface area contributed by atoms with E-state index in [1.165, 1.54) is 43.5 Å². The summed E-state index contributed by atoms with van der Waals surface area (Å²) in [6, 6.07) is 1.16. The molecule has 0 spiro atoms. The van der Waals surface area contributed by atoms with Gasteiger partial charge in [-0.2, -0.15) is 0 Å². The van der Waals surface area contributed by atoms with Crippen LogP contribution in [-0.4, -0.2) is 29.8 Å². The highest BCUT2D eigenvalue weighted by atomic mass is 32.1. The zero-order chi connectivity index (χ0) is 14.9. The van der Waals surface area contributed by atoms with E-state index in [2.05, 4.69) is 32.6 Å². The normalized spacial score (nSPS) is 35.1. The number of rotatable bonds is 1. The van der Waals surface area contributed by atoms with E-state index in [1.807, 2.05) is 0 Å². The second-order valence-corrected chi connectivity index (χ2v) is 8.49. The van der Waals surface area contributed by atoms with Crippen molar-refractivity contribution in [1.29, 1.82) is 0 Å². The molecular weight excluding hydrogens is 261 g/mol. The average Bonchev–Trinajstić information content (AvgIpc) is 2.35. The molecule has 3 heteroatoms. The number of piperidine rings is 1. The second-order valence-electron chi connectivity index (χ2n) is 8.02. The SMILES string of the molecule is [B]C1CC2CCC(=S)N(C(C)C)C2CCCC(C)(C)C1. The second kappa shape index (κ2) is 6.38. The Morgan fingerprint density at radius 2 is 2.00 bits per heavy atom. The molecule has 0 N–H and O–H groups in total. The summed E-state index contributed by atoms with van der Waals surface area (Å²) >= 11 is 5.65. The van der Waals surface area contributed by atoms with Crippen molar-refractivity contribution in [3.63, 3.8) is 0 Å². The lowest BCUT2D eigenvalue weighted by Crippen LogP contribution is -2.51. The highest BCUT2D eigenvalue weighted by Gasteiger charge is 2.37. The van der Waals surface area contributed by atoms with Gasteiger partial charge < -0.3 is 4.90 Å². The van der Waals surface area contributed by atoms with Gasteiger partial charge in [-0.1, -0.05) is 51.1 Å². The Morgan fingerprint density at radius 1 is 1.30 bits per heavy atom. The Morgan fingerprint density at radius 3 is 2.65 bits per heavy atom. The maximum atomic E-state index is 6.46. The number of fused-ring (bicyclic) bond motifs is 1. The lowest BCUT2D eigenvalue weighted by atomic mass is 9.68. The van der Waals surface area contributed by atoms with Crippen molar-refractivity contribution in [3.8, 4) is 0 Å². The first-order chi connectivity index (χ1) is 9.30. The van der Waals surface area contributed by atoms with E-state index in [0.29, 0.717) is 23.3 Å². The van der Waals surface area contributed by atoms with E-state index < -0.39 is 0 Å². The molecule has 0 amide bonds. The van der Waals surface area contributed by atoms with Gasteiger partial charge in [-0.15, -0.1) is 0 Å². The van der Waals surface area contributed by atoms with Gasteiger partial charge >= 0.3 is 0 Å². The number of hydrogen-bond acceptors (Lipinski definition) is 1. The molecule has 0 aromatic rings. The monoisotopic (exact) mass is 291 g/mol. The molecule has 0 aromatic carbocycles. The van der Waals surface area contributed by atoms with Crippen LogP contribution in [0, 0.1) is 11.3 Å². The predicted molar refractivity (Wildman–Crippen MR) is 92.5 cm³/mol. The number of likely N-dealkylation sites (tertiary alicyclic amines) is 1. The third-order valence-electron chi connectivity index (χ3n) is 5.25. The fourth-order valence-corrected chi connectivity index (χ4v) is 4.90. The lowest BCUT2D eigenvalue weighted by molar-refractivity contribution is 0.144. The Bertz CT molecular complexity index is 353. The van der Waals surface area contributed by atoms with Crippen LogP contribution < -0.4 is 0 Å². The number of thiocarbonyl (C=S) groups is 1. The molecule has 0 bridgehead atoms. The first-order valence-electron chi connectivity index (χ1n) is 8.37. The fraction of sp³-hybridized carbons (Fsp3) is 0.941. The van der Waals surface area contributed by atoms with E-state index in [9.17, 15) is 0 Å². The van der Waals surface area contributed by atoms with Crippen LogP contribution in [0.1, 0.15) is 72.6 Å². The Kier molecular flexibility index (Phi) is 5.21. The molecule has 112 valence electrons. The minimum Gasteiger partial charge on any atom is -0.360 e. The molecule has 1 aliphatic carbocycles. The van der Waals surface area contributed by atoms with Crippen molar-refractivity contribution in [2.45, 2.75) is 90.5 Å². The van der Waals surface area contributed by atoms with Gasteiger partial charge in [0.2, 0.25) is 0 Å². The van der Waals surface area contributed by atoms with Gasteiger partial charge in [-0.05, 0) is 50.9 Å². The number of nitrogens with zero attached hydrogens (tertiary/aromatic N) is 1. The minimum absolute atomic E-state index is 0.358. The number of hydrogen-bond donors (Lipinski definition) is 0. The van der Waals surface area contributed by atoms with Gasteiger partial charge in [-0.3, -0.25) is 0 Å². The molecule has 1 saturated carbocycles. The van der Waals surface area contributed by atoms with Crippen LogP contribution >= 0.6 is 12.2 Å². The van der Waals surface area contributed by atoms with E-state index in [1.54, 1.807) is 0 Å². The van der Waals surface area contributed by atoms with Gasteiger partial charge in [0.15, 0.2) is 0 Å². The van der Waals surface area contributed by atoms with Crippen LogP contribution in [0.2, 0.25) is 5.82 Å². The molecule has 20 heavy (non-hydrogen) atoms. The van der Waals surface area contributed by atoms with Crippen molar-refractivity contribution in [2.75, 3.05) is 0 Å². The van der Waals surface area contributed by atoms with Crippen LogP contribution in [0.15, 0.2) is 0 Å². The molecule has 1 nitrogen and oxygen atoms in total. The summed E-state index contributed by atoms with van der Waals surface area (Å²) in [4.78, 5) is 3.72. The fourth-order valence-electron chi connectivity index (χ4n) is 4.44. The van der Waals surface area contributed by atoms with Gasteiger partial charge in [-0.25, -0.2) is 0 Å². The summed E-state index contributed by atoms with van der Waals surface area (Å²) in [7, 11) is 6.46. The largest absolute Gasteiger partial charge is 0.360 e. The summed E-state index contributed by atoms with van der Waals surface area (Å²) in [5.74, 6) is 1.10. The topological polar surface area (TPSA) is 3.24 Å². The third kappa shape index (κ3) is 3.78. The summed E-state index contributed by atoms with van der Waals surface area (Å²) in [6.07, 6.45) is 8.59.